The van der Waals surface area contributed by atoms with Crippen LogP contribution in [0, 0.1) is 5.92 Å². The molecule has 0 saturated heterocycles. The number of benzene rings is 1. The van der Waals surface area contributed by atoms with E-state index in [1.807, 2.05) is 12.1 Å². The van der Waals surface area contributed by atoms with Gasteiger partial charge in [0.25, 0.3) is 5.91 Å². The van der Waals surface area contributed by atoms with Crippen LogP contribution in [0.15, 0.2) is 18.2 Å². The van der Waals surface area contributed by atoms with Crippen LogP contribution in [0.25, 0.3) is 0 Å². The highest BCUT2D eigenvalue weighted by Gasteiger charge is 2.23. The molecule has 1 fully saturated rings. The average Bonchev–Trinajstić information content (AvgIpc) is 2.47. The topological polar surface area (TPSA) is 55.1 Å². The second-order valence-electron chi connectivity index (χ2n) is 6.31. The molecule has 0 atom stereocenters. The zero-order chi connectivity index (χ0) is 15.4. The van der Waals surface area contributed by atoms with Gasteiger partial charge in [0.15, 0.2) is 0 Å². The summed E-state index contributed by atoms with van der Waals surface area (Å²) in [7, 11) is 0. The molecule has 3 nitrogen and oxygen atoms in total. The van der Waals surface area contributed by atoms with Crippen molar-refractivity contribution >= 4 is 17.5 Å². The first-order valence-electron chi connectivity index (χ1n) is 7.81. The number of halogens is 1. The van der Waals surface area contributed by atoms with Crippen molar-refractivity contribution in [3.63, 3.8) is 0 Å². The molecule has 4 heteroatoms. The SMILES string of the molecule is CC(C)c1ccc(Cl)cc1C(=O)NC1CCC(CN)CC1. The Kier molecular flexibility index (Phi) is 5.65. The first kappa shape index (κ1) is 16.3. The van der Waals surface area contributed by atoms with Crippen molar-refractivity contribution in [3.05, 3.63) is 34.3 Å². The number of hydrogen-bond acceptors (Lipinski definition) is 2. The van der Waals surface area contributed by atoms with Crippen LogP contribution in [-0.4, -0.2) is 18.5 Å². The minimum Gasteiger partial charge on any atom is -0.349 e. The van der Waals surface area contributed by atoms with Crippen molar-refractivity contribution in [2.24, 2.45) is 11.7 Å². The molecule has 0 bridgehead atoms. The second kappa shape index (κ2) is 7.28. The molecule has 0 radical (unpaired) electrons. The van der Waals surface area contributed by atoms with E-state index >= 15 is 0 Å². The van der Waals surface area contributed by atoms with Gasteiger partial charge in [-0.25, -0.2) is 0 Å². The predicted molar refractivity (Wildman–Crippen MR) is 87.8 cm³/mol. The van der Waals surface area contributed by atoms with Crippen molar-refractivity contribution in [1.82, 2.24) is 5.32 Å². The van der Waals surface area contributed by atoms with Crippen molar-refractivity contribution in [3.8, 4) is 0 Å². The van der Waals surface area contributed by atoms with Gasteiger partial charge in [-0.1, -0.05) is 31.5 Å². The summed E-state index contributed by atoms with van der Waals surface area (Å²) in [5.41, 5.74) is 7.46. The van der Waals surface area contributed by atoms with E-state index in [0.717, 1.165) is 37.8 Å². The van der Waals surface area contributed by atoms with Gasteiger partial charge in [0, 0.05) is 16.6 Å². The lowest BCUT2D eigenvalue weighted by Crippen LogP contribution is -2.39. The minimum atomic E-state index is -0.00241. The number of carbonyl (C=O) groups is 1. The van der Waals surface area contributed by atoms with Crippen molar-refractivity contribution in [2.45, 2.75) is 51.5 Å². The molecule has 21 heavy (non-hydrogen) atoms. The summed E-state index contributed by atoms with van der Waals surface area (Å²) in [4.78, 5) is 12.5. The minimum absolute atomic E-state index is 0.00241. The van der Waals surface area contributed by atoms with Gasteiger partial charge < -0.3 is 11.1 Å². The summed E-state index contributed by atoms with van der Waals surface area (Å²) in [6, 6.07) is 5.84. The maximum atomic E-state index is 12.5. The zero-order valence-electron chi connectivity index (χ0n) is 12.9. The number of nitrogens with two attached hydrogens (primary N) is 1. The number of rotatable bonds is 4. The van der Waals surface area contributed by atoms with Crippen LogP contribution in [0.5, 0.6) is 0 Å². The lowest BCUT2D eigenvalue weighted by molar-refractivity contribution is 0.0921. The fourth-order valence-corrected chi connectivity index (χ4v) is 3.21. The lowest BCUT2D eigenvalue weighted by Gasteiger charge is -2.28. The van der Waals surface area contributed by atoms with Gasteiger partial charge >= 0.3 is 0 Å². The monoisotopic (exact) mass is 308 g/mol. The van der Waals surface area contributed by atoms with Gasteiger partial charge in [-0.3, -0.25) is 4.79 Å². The highest BCUT2D eigenvalue weighted by Crippen LogP contribution is 2.26. The molecule has 0 spiro atoms. The van der Waals surface area contributed by atoms with Crippen LogP contribution in [0.2, 0.25) is 5.02 Å². The van der Waals surface area contributed by atoms with Crippen LogP contribution >= 0.6 is 11.6 Å². The number of hydrogen-bond donors (Lipinski definition) is 2. The van der Waals surface area contributed by atoms with Gasteiger partial charge in [-0.15, -0.1) is 0 Å². The van der Waals surface area contributed by atoms with Gasteiger partial charge in [0.05, 0.1) is 0 Å². The third-order valence-corrected chi connectivity index (χ3v) is 4.63. The van der Waals surface area contributed by atoms with Crippen molar-refractivity contribution in [1.29, 1.82) is 0 Å². The van der Waals surface area contributed by atoms with E-state index in [0.29, 0.717) is 22.4 Å². The molecule has 1 aromatic rings. The largest absolute Gasteiger partial charge is 0.349 e. The van der Waals surface area contributed by atoms with E-state index in [4.69, 9.17) is 17.3 Å². The first-order chi connectivity index (χ1) is 10.0. The highest BCUT2D eigenvalue weighted by molar-refractivity contribution is 6.31. The van der Waals surface area contributed by atoms with Gasteiger partial charge in [-0.2, -0.15) is 0 Å². The molecule has 1 aliphatic carbocycles. The number of amides is 1. The molecule has 0 heterocycles. The van der Waals surface area contributed by atoms with Crippen molar-refractivity contribution in [2.75, 3.05) is 6.54 Å². The molecular formula is C17H25ClN2O. The zero-order valence-corrected chi connectivity index (χ0v) is 13.6. The highest BCUT2D eigenvalue weighted by atomic mass is 35.5. The standard InChI is InChI=1S/C17H25ClN2O/c1-11(2)15-8-5-13(18)9-16(15)17(21)20-14-6-3-12(10-19)4-7-14/h5,8-9,11-12,14H,3-4,6-7,10,19H2,1-2H3,(H,20,21). The molecule has 1 aliphatic rings. The third-order valence-electron chi connectivity index (χ3n) is 4.40. The van der Waals surface area contributed by atoms with E-state index in [1.54, 1.807) is 6.07 Å². The summed E-state index contributed by atoms with van der Waals surface area (Å²) in [5.74, 6) is 0.920. The Labute approximate surface area is 132 Å². The summed E-state index contributed by atoms with van der Waals surface area (Å²) < 4.78 is 0. The van der Waals surface area contributed by atoms with Crippen LogP contribution in [0.3, 0.4) is 0 Å². The molecule has 1 aromatic carbocycles. The Morgan fingerprint density at radius 1 is 1.33 bits per heavy atom. The van der Waals surface area contributed by atoms with E-state index in [-0.39, 0.29) is 11.9 Å². The molecule has 0 unspecified atom stereocenters. The second-order valence-corrected chi connectivity index (χ2v) is 6.75. The summed E-state index contributed by atoms with van der Waals surface area (Å²) in [6.07, 6.45) is 4.25. The predicted octanol–water partition coefficient (Wildman–Crippen LogP) is 3.71. The summed E-state index contributed by atoms with van der Waals surface area (Å²) in [5, 5.41) is 3.77. The van der Waals surface area contributed by atoms with E-state index < -0.39 is 0 Å². The Bertz CT molecular complexity index is 494. The molecule has 1 amide bonds. The Morgan fingerprint density at radius 3 is 2.57 bits per heavy atom. The fraction of sp³-hybridized carbons (Fsp3) is 0.588. The summed E-state index contributed by atoms with van der Waals surface area (Å²) >= 11 is 6.05. The molecule has 0 aromatic heterocycles. The normalized spacial score (nSPS) is 22.3. The lowest BCUT2D eigenvalue weighted by atomic mass is 9.86. The smallest absolute Gasteiger partial charge is 0.251 e. The number of carbonyl (C=O) groups excluding carboxylic acids is 1. The van der Waals surface area contributed by atoms with E-state index in [2.05, 4.69) is 19.2 Å². The van der Waals surface area contributed by atoms with Gasteiger partial charge in [-0.05, 0) is 61.8 Å². The maximum Gasteiger partial charge on any atom is 0.251 e. The molecule has 1 saturated carbocycles. The number of nitrogens with one attached hydrogen (secondary N) is 1. The van der Waals surface area contributed by atoms with E-state index in [9.17, 15) is 4.79 Å². The maximum absolute atomic E-state index is 12.5. The van der Waals surface area contributed by atoms with Crippen molar-refractivity contribution < 1.29 is 4.79 Å². The Balaban J connectivity index is 2.05. The quantitative estimate of drug-likeness (QED) is 0.891. The molecule has 3 N–H and O–H groups in total. The van der Waals surface area contributed by atoms with Crippen LogP contribution in [-0.2, 0) is 0 Å². The fourth-order valence-electron chi connectivity index (χ4n) is 3.03. The average molecular weight is 309 g/mol. The molecule has 116 valence electrons. The third kappa shape index (κ3) is 4.21. The van der Waals surface area contributed by atoms with Gasteiger partial charge in [0.2, 0.25) is 0 Å². The molecule has 2 rings (SSSR count). The summed E-state index contributed by atoms with van der Waals surface area (Å²) in [6.45, 7) is 4.94. The first-order valence-corrected chi connectivity index (χ1v) is 8.19. The van der Waals surface area contributed by atoms with Gasteiger partial charge in [0.1, 0.15) is 0 Å². The van der Waals surface area contributed by atoms with E-state index in [1.165, 1.54) is 0 Å². The molecule has 0 aliphatic heterocycles. The van der Waals surface area contributed by atoms with Crippen LogP contribution in [0.4, 0.5) is 0 Å². The molecular weight excluding hydrogens is 284 g/mol. The Hall–Kier alpha value is -1.06. The van der Waals surface area contributed by atoms with Crippen LogP contribution in [0.1, 0.15) is 61.4 Å². The van der Waals surface area contributed by atoms with Crippen LogP contribution < -0.4 is 11.1 Å². The Morgan fingerprint density at radius 2 is 2.00 bits per heavy atom.